The van der Waals surface area contributed by atoms with Gasteiger partial charge in [-0.05, 0) is 12.1 Å². The molecular formula is C8H9NO3S. The Labute approximate surface area is 76.2 Å². The lowest BCUT2D eigenvalue weighted by Gasteiger charge is -2.04. The van der Waals surface area contributed by atoms with Crippen molar-refractivity contribution in [1.29, 1.82) is 4.78 Å². The van der Waals surface area contributed by atoms with Crippen molar-refractivity contribution in [2.75, 3.05) is 6.26 Å². The van der Waals surface area contributed by atoms with Crippen LogP contribution in [0.25, 0.3) is 0 Å². The van der Waals surface area contributed by atoms with Crippen LogP contribution in [-0.2, 0) is 9.73 Å². The second-order valence-corrected chi connectivity index (χ2v) is 4.77. The average molecular weight is 199 g/mol. The van der Waals surface area contributed by atoms with Crippen LogP contribution in [0.5, 0.6) is 0 Å². The molecule has 1 atom stereocenters. The normalized spacial score (nSPS) is 14.8. The maximum atomic E-state index is 11.3. The van der Waals surface area contributed by atoms with Gasteiger partial charge < -0.3 is 5.11 Å². The molecule has 0 bridgehead atoms. The quantitative estimate of drug-likeness (QED) is 0.756. The van der Waals surface area contributed by atoms with E-state index >= 15 is 0 Å². The smallest absolute Gasteiger partial charge is 0.336 e. The molecule has 2 N–H and O–H groups in total. The molecule has 0 aromatic heterocycles. The molecule has 0 spiro atoms. The predicted octanol–water partition coefficient (Wildman–Crippen LogP) is 1.42. The monoisotopic (exact) mass is 199 g/mol. The third-order valence-electron chi connectivity index (χ3n) is 1.54. The van der Waals surface area contributed by atoms with E-state index in [1.165, 1.54) is 24.5 Å². The Bertz CT molecular complexity index is 436. The van der Waals surface area contributed by atoms with Gasteiger partial charge >= 0.3 is 5.97 Å². The molecule has 0 unspecified atom stereocenters. The number of benzene rings is 1. The minimum Gasteiger partial charge on any atom is -0.478 e. The molecule has 1 aromatic carbocycles. The maximum Gasteiger partial charge on any atom is 0.336 e. The zero-order chi connectivity index (χ0) is 10.1. The Balaban J connectivity index is 3.46. The van der Waals surface area contributed by atoms with E-state index in [9.17, 15) is 9.00 Å². The summed E-state index contributed by atoms with van der Waals surface area (Å²) >= 11 is 0. The van der Waals surface area contributed by atoms with Crippen molar-refractivity contribution in [2.45, 2.75) is 4.90 Å². The van der Waals surface area contributed by atoms with Crippen molar-refractivity contribution >= 4 is 15.7 Å². The summed E-state index contributed by atoms with van der Waals surface area (Å²) in [6.07, 6.45) is 1.20. The number of carbonyl (C=O) groups is 1. The fourth-order valence-electron chi connectivity index (χ4n) is 0.983. The first-order valence-corrected chi connectivity index (χ1v) is 5.45. The highest BCUT2D eigenvalue weighted by molar-refractivity contribution is 7.91. The summed E-state index contributed by atoms with van der Waals surface area (Å²) in [4.78, 5) is 10.7. The minimum absolute atomic E-state index is 0.0648. The Morgan fingerprint density at radius 1 is 1.46 bits per heavy atom. The summed E-state index contributed by atoms with van der Waals surface area (Å²) < 4.78 is 18.6. The number of rotatable bonds is 2. The van der Waals surface area contributed by atoms with Gasteiger partial charge in [0.2, 0.25) is 0 Å². The van der Waals surface area contributed by atoms with E-state index < -0.39 is 15.7 Å². The van der Waals surface area contributed by atoms with Crippen LogP contribution in [-0.4, -0.2) is 21.5 Å². The molecule has 13 heavy (non-hydrogen) atoms. The van der Waals surface area contributed by atoms with E-state index in [1.807, 2.05) is 0 Å². The highest BCUT2D eigenvalue weighted by atomic mass is 32.2. The highest BCUT2D eigenvalue weighted by Crippen LogP contribution is 2.15. The number of aromatic carboxylic acids is 1. The minimum atomic E-state index is -2.96. The molecule has 0 heterocycles. The Morgan fingerprint density at radius 2 is 2.00 bits per heavy atom. The molecule has 1 rings (SSSR count). The molecule has 0 amide bonds. The second-order valence-electron chi connectivity index (χ2n) is 2.64. The summed E-state index contributed by atoms with van der Waals surface area (Å²) in [5, 5.41) is 8.72. The van der Waals surface area contributed by atoms with Crippen molar-refractivity contribution in [2.24, 2.45) is 0 Å². The van der Waals surface area contributed by atoms with Gasteiger partial charge in [-0.25, -0.2) is 13.8 Å². The molecule has 0 radical (unpaired) electrons. The summed E-state index contributed by atoms with van der Waals surface area (Å²) in [6, 6.07) is 5.85. The molecule has 5 heteroatoms. The summed E-state index contributed by atoms with van der Waals surface area (Å²) in [6.45, 7) is 0. The molecule has 1 aromatic rings. The van der Waals surface area contributed by atoms with E-state index in [0.29, 0.717) is 0 Å². The van der Waals surface area contributed by atoms with Crippen LogP contribution >= 0.6 is 0 Å². The lowest BCUT2D eigenvalue weighted by Crippen LogP contribution is -2.05. The topological polar surface area (TPSA) is 78.2 Å². The molecule has 0 aliphatic carbocycles. The lowest BCUT2D eigenvalue weighted by atomic mass is 10.2. The van der Waals surface area contributed by atoms with Gasteiger partial charge in [0.15, 0.2) is 0 Å². The van der Waals surface area contributed by atoms with E-state index in [2.05, 4.69) is 0 Å². The third-order valence-corrected chi connectivity index (χ3v) is 2.73. The third kappa shape index (κ3) is 2.06. The fourth-order valence-corrected chi connectivity index (χ4v) is 1.90. The zero-order valence-electron chi connectivity index (χ0n) is 6.98. The molecular weight excluding hydrogens is 190 g/mol. The van der Waals surface area contributed by atoms with Crippen molar-refractivity contribution < 1.29 is 14.1 Å². The average Bonchev–Trinajstić information content (AvgIpc) is 2.03. The molecule has 4 nitrogen and oxygen atoms in total. The Kier molecular flexibility index (Phi) is 2.38. The molecule has 70 valence electrons. The zero-order valence-corrected chi connectivity index (χ0v) is 7.80. The van der Waals surface area contributed by atoms with Crippen molar-refractivity contribution in [3.8, 4) is 0 Å². The summed E-state index contributed by atoms with van der Waals surface area (Å²) in [5.41, 5.74) is -0.0648. The molecule has 0 aliphatic heterocycles. The van der Waals surface area contributed by atoms with Gasteiger partial charge in [-0.3, -0.25) is 0 Å². The van der Waals surface area contributed by atoms with E-state index in [-0.39, 0.29) is 10.5 Å². The number of carboxylic acids is 1. The van der Waals surface area contributed by atoms with Gasteiger partial charge in [0.25, 0.3) is 0 Å². The van der Waals surface area contributed by atoms with Crippen LogP contribution < -0.4 is 0 Å². The Morgan fingerprint density at radius 3 is 2.38 bits per heavy atom. The van der Waals surface area contributed by atoms with Gasteiger partial charge in [0.1, 0.15) is 0 Å². The van der Waals surface area contributed by atoms with Crippen LogP contribution in [0.15, 0.2) is 29.2 Å². The van der Waals surface area contributed by atoms with Gasteiger partial charge in [-0.15, -0.1) is 0 Å². The number of carboxylic acid groups (broad SMARTS) is 1. The van der Waals surface area contributed by atoms with Crippen LogP contribution in [0.1, 0.15) is 10.4 Å². The first-order chi connectivity index (χ1) is 5.93. The van der Waals surface area contributed by atoms with Crippen molar-refractivity contribution in [1.82, 2.24) is 0 Å². The Hall–Kier alpha value is -1.36. The first kappa shape index (κ1) is 9.73. The summed E-state index contributed by atoms with van der Waals surface area (Å²) in [7, 11) is -2.96. The molecule has 0 saturated carbocycles. The number of hydrogen-bond acceptors (Lipinski definition) is 3. The lowest BCUT2D eigenvalue weighted by molar-refractivity contribution is 0.0693. The van der Waals surface area contributed by atoms with E-state index in [1.54, 1.807) is 6.07 Å². The van der Waals surface area contributed by atoms with Crippen LogP contribution in [0.4, 0.5) is 0 Å². The van der Waals surface area contributed by atoms with Crippen molar-refractivity contribution in [3.63, 3.8) is 0 Å². The SMILES string of the molecule is C[S@@](=N)(=O)c1ccccc1C(=O)O. The van der Waals surface area contributed by atoms with Gasteiger partial charge in [0.05, 0.1) is 20.2 Å². The van der Waals surface area contributed by atoms with Gasteiger partial charge in [-0.1, -0.05) is 12.1 Å². The van der Waals surface area contributed by atoms with Crippen LogP contribution in [0, 0.1) is 4.78 Å². The maximum absolute atomic E-state index is 11.3. The predicted molar refractivity (Wildman–Crippen MR) is 48.5 cm³/mol. The van der Waals surface area contributed by atoms with E-state index in [0.717, 1.165) is 0 Å². The number of nitrogens with one attached hydrogen (secondary N) is 1. The molecule has 0 saturated heterocycles. The standard InChI is InChI=1S/C8H9NO3S/c1-13(9,12)7-5-3-2-4-6(7)8(10)11/h2-5,9H,1H3,(H,10,11)/t13-/m1/s1. The van der Waals surface area contributed by atoms with Gasteiger partial charge in [0, 0.05) is 6.26 Å². The summed E-state index contributed by atoms with van der Waals surface area (Å²) in [5.74, 6) is -1.16. The molecule has 0 fully saturated rings. The van der Waals surface area contributed by atoms with E-state index in [4.69, 9.17) is 9.89 Å². The molecule has 0 aliphatic rings. The van der Waals surface area contributed by atoms with Gasteiger partial charge in [-0.2, -0.15) is 0 Å². The fraction of sp³-hybridized carbons (Fsp3) is 0.125. The van der Waals surface area contributed by atoms with Crippen LogP contribution in [0.2, 0.25) is 0 Å². The largest absolute Gasteiger partial charge is 0.478 e. The van der Waals surface area contributed by atoms with Crippen LogP contribution in [0.3, 0.4) is 0 Å². The van der Waals surface area contributed by atoms with Crippen molar-refractivity contribution in [3.05, 3.63) is 29.8 Å². The number of hydrogen-bond donors (Lipinski definition) is 2. The highest BCUT2D eigenvalue weighted by Gasteiger charge is 2.14. The first-order valence-electron chi connectivity index (χ1n) is 3.49. The second kappa shape index (κ2) is 3.18.